The minimum absolute atomic E-state index is 0.0102. The lowest BCUT2D eigenvalue weighted by molar-refractivity contribution is -0.139. The number of hydrogen-bond donors (Lipinski definition) is 2. The fourth-order valence-electron chi connectivity index (χ4n) is 3.81. The molecule has 0 spiro atoms. The molecule has 180 valence electrons. The Labute approximate surface area is 198 Å². The second kappa shape index (κ2) is 9.37. The van der Waals surface area contributed by atoms with Crippen molar-refractivity contribution in [1.29, 1.82) is 0 Å². The van der Waals surface area contributed by atoms with Crippen molar-refractivity contribution in [2.24, 2.45) is 0 Å². The van der Waals surface area contributed by atoms with Crippen molar-refractivity contribution in [2.75, 3.05) is 18.1 Å². The van der Waals surface area contributed by atoms with Crippen molar-refractivity contribution in [3.05, 3.63) is 76.2 Å². The summed E-state index contributed by atoms with van der Waals surface area (Å²) in [7, 11) is 0. The van der Waals surface area contributed by atoms with Gasteiger partial charge in [-0.25, -0.2) is 23.7 Å². The van der Waals surface area contributed by atoms with Gasteiger partial charge in [0.15, 0.2) is 0 Å². The standard InChI is InChI=1S/C24H20FN3O7/c1-3-34-23(32)19-12(2)26-24(33)27-18(19)11-35-22(31)13-4-9-16-17(10-13)21(30)28(20(16)29)15-7-5-14(25)6-8-15/h4-10,12H,3,11H2,1-2H3,(H2,26,27,33). The van der Waals surface area contributed by atoms with Gasteiger partial charge in [-0.1, -0.05) is 0 Å². The molecule has 4 amide bonds. The van der Waals surface area contributed by atoms with Crippen LogP contribution in [0.15, 0.2) is 53.7 Å². The number of amides is 4. The summed E-state index contributed by atoms with van der Waals surface area (Å²) in [5, 5.41) is 4.98. The van der Waals surface area contributed by atoms with Crippen molar-refractivity contribution in [3.63, 3.8) is 0 Å². The Balaban J connectivity index is 1.54. The Morgan fingerprint density at radius 1 is 0.971 bits per heavy atom. The minimum atomic E-state index is -0.843. The molecule has 2 aliphatic rings. The normalized spacial score (nSPS) is 17.1. The number of nitrogens with zero attached hydrogens (tertiary/aromatic N) is 1. The molecule has 0 saturated carbocycles. The van der Waals surface area contributed by atoms with Crippen LogP contribution in [0.1, 0.15) is 44.9 Å². The summed E-state index contributed by atoms with van der Waals surface area (Å²) in [4.78, 5) is 63.3. The number of rotatable bonds is 6. The van der Waals surface area contributed by atoms with Crippen molar-refractivity contribution < 1.29 is 37.8 Å². The fourth-order valence-corrected chi connectivity index (χ4v) is 3.81. The molecule has 10 nitrogen and oxygen atoms in total. The molecule has 2 N–H and O–H groups in total. The Morgan fingerprint density at radius 2 is 1.66 bits per heavy atom. The van der Waals surface area contributed by atoms with Gasteiger partial charge in [-0.2, -0.15) is 0 Å². The molecule has 0 aliphatic carbocycles. The Hall–Kier alpha value is -4.54. The van der Waals surface area contributed by atoms with Gasteiger partial charge >= 0.3 is 18.0 Å². The van der Waals surface area contributed by atoms with Gasteiger partial charge in [-0.15, -0.1) is 0 Å². The average Bonchev–Trinajstić information content (AvgIpc) is 3.07. The van der Waals surface area contributed by atoms with Gasteiger partial charge in [-0.3, -0.25) is 9.59 Å². The molecule has 1 unspecified atom stereocenters. The first-order chi connectivity index (χ1) is 16.7. The van der Waals surface area contributed by atoms with Crippen LogP contribution in [0.25, 0.3) is 0 Å². The molecular formula is C24H20FN3O7. The number of anilines is 1. The van der Waals surface area contributed by atoms with Gasteiger partial charge < -0.3 is 20.1 Å². The number of imide groups is 1. The van der Waals surface area contributed by atoms with E-state index in [1.54, 1.807) is 13.8 Å². The second-order valence-corrected chi connectivity index (χ2v) is 7.69. The zero-order valence-electron chi connectivity index (χ0n) is 18.7. The maximum absolute atomic E-state index is 13.2. The van der Waals surface area contributed by atoms with Crippen LogP contribution in [0.3, 0.4) is 0 Å². The number of urea groups is 1. The molecule has 35 heavy (non-hydrogen) atoms. The van der Waals surface area contributed by atoms with Crippen LogP contribution in [0.2, 0.25) is 0 Å². The van der Waals surface area contributed by atoms with Crippen LogP contribution >= 0.6 is 0 Å². The lowest BCUT2D eigenvalue weighted by atomic mass is 10.0. The molecular weight excluding hydrogens is 461 g/mol. The van der Waals surface area contributed by atoms with Crippen molar-refractivity contribution in [3.8, 4) is 0 Å². The quantitative estimate of drug-likeness (QED) is 0.478. The number of ether oxygens (including phenoxy) is 2. The number of carbonyl (C=O) groups is 5. The highest BCUT2D eigenvalue weighted by molar-refractivity contribution is 6.34. The summed E-state index contributed by atoms with van der Waals surface area (Å²) in [6.07, 6.45) is 0. The van der Waals surface area contributed by atoms with Crippen LogP contribution in [0, 0.1) is 5.82 Å². The summed E-state index contributed by atoms with van der Waals surface area (Å²) in [5.41, 5.74) is 0.437. The lowest BCUT2D eigenvalue weighted by Crippen LogP contribution is -2.50. The summed E-state index contributed by atoms with van der Waals surface area (Å²) < 4.78 is 23.5. The Bertz CT molecular complexity index is 1290. The van der Waals surface area contributed by atoms with E-state index >= 15 is 0 Å². The highest BCUT2D eigenvalue weighted by Gasteiger charge is 2.37. The smallest absolute Gasteiger partial charge is 0.338 e. The number of nitrogens with one attached hydrogen (secondary N) is 2. The van der Waals surface area contributed by atoms with E-state index in [-0.39, 0.29) is 40.3 Å². The number of carbonyl (C=O) groups excluding carboxylic acids is 5. The van der Waals surface area contributed by atoms with E-state index < -0.39 is 48.3 Å². The fraction of sp³-hybridized carbons (Fsp3) is 0.208. The van der Waals surface area contributed by atoms with Crippen LogP contribution in [-0.2, 0) is 14.3 Å². The van der Waals surface area contributed by atoms with E-state index in [4.69, 9.17) is 9.47 Å². The Kier molecular flexibility index (Phi) is 6.32. The summed E-state index contributed by atoms with van der Waals surface area (Å²) in [5.74, 6) is -3.30. The van der Waals surface area contributed by atoms with E-state index in [0.29, 0.717) is 0 Å². The van der Waals surface area contributed by atoms with Crippen molar-refractivity contribution in [1.82, 2.24) is 10.6 Å². The van der Waals surface area contributed by atoms with Crippen LogP contribution < -0.4 is 15.5 Å². The number of esters is 2. The zero-order chi connectivity index (χ0) is 25.3. The third kappa shape index (κ3) is 4.47. The molecule has 0 saturated heterocycles. The van der Waals surface area contributed by atoms with Gasteiger partial charge in [0, 0.05) is 0 Å². The van der Waals surface area contributed by atoms with Crippen LogP contribution in [0.5, 0.6) is 0 Å². The largest absolute Gasteiger partial charge is 0.463 e. The lowest BCUT2D eigenvalue weighted by Gasteiger charge is -2.26. The third-order valence-electron chi connectivity index (χ3n) is 5.42. The van der Waals surface area contributed by atoms with E-state index in [1.165, 1.54) is 30.3 Å². The molecule has 2 heterocycles. The Morgan fingerprint density at radius 3 is 2.34 bits per heavy atom. The first-order valence-electron chi connectivity index (χ1n) is 10.6. The molecule has 4 rings (SSSR count). The predicted molar refractivity (Wildman–Crippen MR) is 119 cm³/mol. The molecule has 2 aromatic carbocycles. The maximum atomic E-state index is 13.2. The monoisotopic (exact) mass is 481 g/mol. The van der Waals surface area contributed by atoms with Gasteiger partial charge in [0.05, 0.1) is 46.3 Å². The highest BCUT2D eigenvalue weighted by Crippen LogP contribution is 2.29. The number of fused-ring (bicyclic) bond motifs is 1. The molecule has 2 aliphatic heterocycles. The van der Waals surface area contributed by atoms with Crippen LogP contribution in [-0.4, -0.2) is 49.0 Å². The molecule has 0 aromatic heterocycles. The maximum Gasteiger partial charge on any atom is 0.338 e. The SMILES string of the molecule is CCOC(=O)C1=C(COC(=O)c2ccc3c(c2)C(=O)N(c2ccc(F)cc2)C3=O)NC(=O)NC1C. The number of hydrogen-bond acceptors (Lipinski definition) is 7. The predicted octanol–water partition coefficient (Wildman–Crippen LogP) is 2.30. The van der Waals surface area contributed by atoms with E-state index in [0.717, 1.165) is 17.0 Å². The number of halogens is 1. The summed E-state index contributed by atoms with van der Waals surface area (Å²) in [6.45, 7) is 2.90. The van der Waals surface area contributed by atoms with Gasteiger partial charge in [-0.05, 0) is 56.3 Å². The van der Waals surface area contributed by atoms with Crippen molar-refractivity contribution in [2.45, 2.75) is 19.9 Å². The minimum Gasteiger partial charge on any atom is -0.463 e. The van der Waals surface area contributed by atoms with Gasteiger partial charge in [0.2, 0.25) is 0 Å². The van der Waals surface area contributed by atoms with Gasteiger partial charge in [0.1, 0.15) is 12.4 Å². The van der Waals surface area contributed by atoms with E-state index in [1.807, 2.05) is 0 Å². The zero-order valence-corrected chi connectivity index (χ0v) is 18.7. The van der Waals surface area contributed by atoms with E-state index in [9.17, 15) is 28.4 Å². The summed E-state index contributed by atoms with van der Waals surface area (Å²) in [6, 6.07) is 7.49. The molecule has 0 fully saturated rings. The van der Waals surface area contributed by atoms with Crippen LogP contribution in [0.4, 0.5) is 14.9 Å². The average molecular weight is 481 g/mol. The van der Waals surface area contributed by atoms with Gasteiger partial charge in [0.25, 0.3) is 11.8 Å². The highest BCUT2D eigenvalue weighted by atomic mass is 19.1. The topological polar surface area (TPSA) is 131 Å². The summed E-state index contributed by atoms with van der Waals surface area (Å²) >= 11 is 0. The second-order valence-electron chi connectivity index (χ2n) is 7.69. The van der Waals surface area contributed by atoms with Crippen molar-refractivity contribution >= 4 is 35.5 Å². The molecule has 0 bridgehead atoms. The first kappa shape index (κ1) is 23.6. The third-order valence-corrected chi connectivity index (χ3v) is 5.42. The molecule has 0 radical (unpaired) electrons. The number of benzene rings is 2. The van der Waals surface area contributed by atoms with E-state index in [2.05, 4.69) is 10.6 Å². The molecule has 2 aromatic rings. The molecule has 1 atom stereocenters. The first-order valence-corrected chi connectivity index (χ1v) is 10.6. The molecule has 11 heteroatoms.